The standard InChI is InChI=1S/C22H25N5O3/c1-15-7-8-18-19(13-15)24-21(30-3)20(23-18)25-22(28)27-11-9-26(10-12-27)16-5-4-6-17(14-16)29-2/h4-8,13-14H,9-12H2,1-3H3,(H,23,25,28). The molecule has 156 valence electrons. The van der Waals surface area contributed by atoms with Crippen LogP contribution in [0.3, 0.4) is 0 Å². The zero-order valence-electron chi connectivity index (χ0n) is 17.4. The first-order valence-electron chi connectivity index (χ1n) is 9.84. The highest BCUT2D eigenvalue weighted by Gasteiger charge is 2.23. The summed E-state index contributed by atoms with van der Waals surface area (Å²) >= 11 is 0. The smallest absolute Gasteiger partial charge is 0.323 e. The maximum atomic E-state index is 12.8. The van der Waals surface area contributed by atoms with Crippen LogP contribution in [-0.4, -0.2) is 61.3 Å². The van der Waals surface area contributed by atoms with E-state index in [-0.39, 0.29) is 6.03 Å². The number of ether oxygens (including phenoxy) is 2. The van der Waals surface area contributed by atoms with E-state index in [0.29, 0.717) is 30.3 Å². The second-order valence-electron chi connectivity index (χ2n) is 7.18. The molecule has 2 heterocycles. The molecule has 0 aliphatic carbocycles. The van der Waals surface area contributed by atoms with Crippen LogP contribution < -0.4 is 19.7 Å². The number of carbonyl (C=O) groups excluding carboxylic acids is 1. The first-order chi connectivity index (χ1) is 14.6. The van der Waals surface area contributed by atoms with Gasteiger partial charge in [-0.3, -0.25) is 5.32 Å². The minimum absolute atomic E-state index is 0.209. The monoisotopic (exact) mass is 407 g/mol. The quantitative estimate of drug-likeness (QED) is 0.715. The van der Waals surface area contributed by atoms with Gasteiger partial charge in [-0.25, -0.2) is 14.8 Å². The number of amides is 2. The topological polar surface area (TPSA) is 79.8 Å². The number of piperazine rings is 1. The fraction of sp³-hybridized carbons (Fsp3) is 0.318. The van der Waals surface area contributed by atoms with Gasteiger partial charge in [0.2, 0.25) is 0 Å². The molecule has 4 rings (SSSR count). The Labute approximate surface area is 175 Å². The fourth-order valence-electron chi connectivity index (χ4n) is 3.53. The number of anilines is 2. The molecule has 2 aromatic carbocycles. The largest absolute Gasteiger partial charge is 0.497 e. The second kappa shape index (κ2) is 8.44. The summed E-state index contributed by atoms with van der Waals surface area (Å²) in [4.78, 5) is 25.9. The summed E-state index contributed by atoms with van der Waals surface area (Å²) in [6.07, 6.45) is 0. The van der Waals surface area contributed by atoms with Crippen molar-refractivity contribution in [2.24, 2.45) is 0 Å². The second-order valence-corrected chi connectivity index (χ2v) is 7.18. The number of benzene rings is 2. The van der Waals surface area contributed by atoms with E-state index in [1.807, 2.05) is 43.3 Å². The number of urea groups is 1. The molecule has 2 amide bonds. The third-order valence-corrected chi connectivity index (χ3v) is 5.19. The van der Waals surface area contributed by atoms with Gasteiger partial charge in [0.1, 0.15) is 5.75 Å². The van der Waals surface area contributed by atoms with Crippen LogP contribution in [0.1, 0.15) is 5.56 Å². The van der Waals surface area contributed by atoms with Crippen LogP contribution in [0, 0.1) is 6.92 Å². The summed E-state index contributed by atoms with van der Waals surface area (Å²) < 4.78 is 10.7. The van der Waals surface area contributed by atoms with E-state index in [4.69, 9.17) is 9.47 Å². The molecule has 1 saturated heterocycles. The van der Waals surface area contributed by atoms with E-state index < -0.39 is 0 Å². The van der Waals surface area contributed by atoms with Gasteiger partial charge in [0.15, 0.2) is 5.82 Å². The Kier molecular flexibility index (Phi) is 5.56. The third-order valence-electron chi connectivity index (χ3n) is 5.19. The van der Waals surface area contributed by atoms with E-state index in [9.17, 15) is 4.79 Å². The molecule has 0 atom stereocenters. The van der Waals surface area contributed by atoms with Gasteiger partial charge in [-0.1, -0.05) is 12.1 Å². The lowest BCUT2D eigenvalue weighted by molar-refractivity contribution is 0.208. The first kappa shape index (κ1) is 19.8. The molecule has 1 fully saturated rings. The molecule has 0 unspecified atom stereocenters. The number of nitrogens with zero attached hydrogens (tertiary/aromatic N) is 4. The summed E-state index contributed by atoms with van der Waals surface area (Å²) in [5.74, 6) is 1.45. The van der Waals surface area contributed by atoms with Gasteiger partial charge in [0.25, 0.3) is 5.88 Å². The number of nitrogens with one attached hydrogen (secondary N) is 1. The van der Waals surface area contributed by atoms with E-state index in [1.165, 1.54) is 7.11 Å². The van der Waals surface area contributed by atoms with Gasteiger partial charge >= 0.3 is 6.03 Å². The molecule has 0 bridgehead atoms. The molecule has 1 aliphatic rings. The molecule has 30 heavy (non-hydrogen) atoms. The predicted molar refractivity (Wildman–Crippen MR) is 117 cm³/mol. The van der Waals surface area contributed by atoms with E-state index in [1.54, 1.807) is 12.0 Å². The van der Waals surface area contributed by atoms with Crippen molar-refractivity contribution in [1.29, 1.82) is 0 Å². The Morgan fingerprint density at radius 2 is 1.77 bits per heavy atom. The maximum Gasteiger partial charge on any atom is 0.323 e. The number of methoxy groups -OCH3 is 2. The molecule has 1 aromatic heterocycles. The van der Waals surface area contributed by atoms with E-state index in [2.05, 4.69) is 26.3 Å². The van der Waals surface area contributed by atoms with Crippen LogP contribution in [0.4, 0.5) is 16.3 Å². The summed E-state index contributed by atoms with van der Waals surface area (Å²) in [6, 6.07) is 13.5. The lowest BCUT2D eigenvalue weighted by atomic mass is 10.2. The molecule has 8 heteroatoms. The van der Waals surface area contributed by atoms with Crippen molar-refractivity contribution in [3.05, 3.63) is 48.0 Å². The van der Waals surface area contributed by atoms with Gasteiger partial charge < -0.3 is 19.3 Å². The van der Waals surface area contributed by atoms with Crippen molar-refractivity contribution in [2.75, 3.05) is 50.6 Å². The molecular weight excluding hydrogens is 382 g/mol. The van der Waals surface area contributed by atoms with Crippen LogP contribution in [0.5, 0.6) is 11.6 Å². The Balaban J connectivity index is 1.44. The first-order valence-corrected chi connectivity index (χ1v) is 9.84. The number of aromatic nitrogens is 2. The van der Waals surface area contributed by atoms with Gasteiger partial charge in [0, 0.05) is 37.9 Å². The minimum Gasteiger partial charge on any atom is -0.497 e. The zero-order valence-corrected chi connectivity index (χ0v) is 17.4. The highest BCUT2D eigenvalue weighted by Crippen LogP contribution is 2.25. The van der Waals surface area contributed by atoms with Crippen LogP contribution in [0.2, 0.25) is 0 Å². The third kappa shape index (κ3) is 4.07. The number of aryl methyl sites for hydroxylation is 1. The summed E-state index contributed by atoms with van der Waals surface area (Å²) in [6.45, 7) is 4.67. The fourth-order valence-corrected chi connectivity index (χ4v) is 3.53. The maximum absolute atomic E-state index is 12.8. The Bertz CT molecular complexity index is 1060. The molecule has 8 nitrogen and oxygen atoms in total. The molecular formula is C22H25N5O3. The van der Waals surface area contributed by atoms with Crippen LogP contribution >= 0.6 is 0 Å². The Morgan fingerprint density at radius 1 is 0.967 bits per heavy atom. The normalized spacial score (nSPS) is 14.0. The summed E-state index contributed by atoms with van der Waals surface area (Å²) in [5, 5.41) is 2.86. The van der Waals surface area contributed by atoms with Gasteiger partial charge in [-0.05, 0) is 36.8 Å². The van der Waals surface area contributed by atoms with Crippen molar-refractivity contribution in [3.63, 3.8) is 0 Å². The van der Waals surface area contributed by atoms with E-state index in [0.717, 1.165) is 35.6 Å². The van der Waals surface area contributed by atoms with Crippen LogP contribution in [0.25, 0.3) is 11.0 Å². The molecule has 0 saturated carbocycles. The van der Waals surface area contributed by atoms with Crippen LogP contribution in [-0.2, 0) is 0 Å². The summed E-state index contributed by atoms with van der Waals surface area (Å²) in [5.41, 5.74) is 3.62. The average Bonchev–Trinajstić information content (AvgIpc) is 2.78. The lowest BCUT2D eigenvalue weighted by Crippen LogP contribution is -2.50. The highest BCUT2D eigenvalue weighted by atomic mass is 16.5. The van der Waals surface area contributed by atoms with Crippen molar-refractivity contribution in [2.45, 2.75) is 6.92 Å². The van der Waals surface area contributed by atoms with Crippen molar-refractivity contribution >= 4 is 28.6 Å². The van der Waals surface area contributed by atoms with Crippen molar-refractivity contribution < 1.29 is 14.3 Å². The highest BCUT2D eigenvalue weighted by molar-refractivity contribution is 5.91. The Hall–Kier alpha value is -3.55. The van der Waals surface area contributed by atoms with E-state index >= 15 is 0 Å². The molecule has 1 aliphatic heterocycles. The van der Waals surface area contributed by atoms with Crippen molar-refractivity contribution in [1.82, 2.24) is 14.9 Å². The number of hydrogen-bond acceptors (Lipinski definition) is 6. The number of rotatable bonds is 4. The van der Waals surface area contributed by atoms with Crippen LogP contribution in [0.15, 0.2) is 42.5 Å². The molecule has 0 radical (unpaired) electrons. The number of hydrogen-bond donors (Lipinski definition) is 1. The predicted octanol–water partition coefficient (Wildman–Crippen LogP) is 3.31. The Morgan fingerprint density at radius 3 is 2.50 bits per heavy atom. The SMILES string of the molecule is COc1cccc(N2CCN(C(=O)Nc3nc4ccc(C)cc4nc3OC)CC2)c1. The lowest BCUT2D eigenvalue weighted by Gasteiger charge is -2.36. The van der Waals surface area contributed by atoms with Gasteiger partial charge in [-0.2, -0.15) is 0 Å². The number of carbonyl (C=O) groups is 1. The molecule has 3 aromatic rings. The van der Waals surface area contributed by atoms with Crippen molar-refractivity contribution in [3.8, 4) is 11.6 Å². The molecule has 1 N–H and O–H groups in total. The zero-order chi connectivity index (χ0) is 21.1. The van der Waals surface area contributed by atoms with Gasteiger partial charge in [0.05, 0.1) is 25.3 Å². The average molecular weight is 407 g/mol. The summed E-state index contributed by atoms with van der Waals surface area (Å²) in [7, 11) is 3.18. The van der Waals surface area contributed by atoms with Gasteiger partial charge in [-0.15, -0.1) is 0 Å². The molecule has 0 spiro atoms. The minimum atomic E-state index is -0.209. The number of fused-ring (bicyclic) bond motifs is 1.